The molecule has 17 heteroatoms. The lowest BCUT2D eigenvalue weighted by atomic mass is 9.90. The Bertz CT molecular complexity index is 2570. The third-order valence-electron chi connectivity index (χ3n) is 13.3. The van der Waals surface area contributed by atoms with Gasteiger partial charge in [-0.3, -0.25) is 29.8 Å². The smallest absolute Gasteiger partial charge is 0.234 e. The van der Waals surface area contributed by atoms with Crippen LogP contribution in [0.15, 0.2) is 71.6 Å². The summed E-state index contributed by atoms with van der Waals surface area (Å²) >= 11 is 3.61. The third-order valence-corrected chi connectivity index (χ3v) is 15.4. The highest BCUT2D eigenvalue weighted by molar-refractivity contribution is 9.10. The summed E-state index contributed by atoms with van der Waals surface area (Å²) in [6, 6.07) is 17.0. The van der Waals surface area contributed by atoms with E-state index in [9.17, 15) is 14.2 Å². The second-order valence-corrected chi connectivity index (χ2v) is 21.8. The quantitative estimate of drug-likeness (QED) is 0.0842. The number of nitrogens with zero attached hydrogens (tertiary/aromatic N) is 8. The zero-order valence-corrected chi connectivity index (χ0v) is 39.5. The predicted molar refractivity (Wildman–Crippen MR) is 258 cm³/mol. The van der Waals surface area contributed by atoms with Crippen LogP contribution in [0.25, 0.3) is 11.0 Å². The van der Waals surface area contributed by atoms with Crippen molar-refractivity contribution in [2.45, 2.75) is 51.0 Å². The Morgan fingerprint density at radius 2 is 1.62 bits per heavy atom. The van der Waals surface area contributed by atoms with Gasteiger partial charge in [-0.05, 0) is 96.4 Å². The summed E-state index contributed by atoms with van der Waals surface area (Å²) in [5.74, 6) is 1.70. The van der Waals surface area contributed by atoms with Crippen molar-refractivity contribution in [2.24, 2.45) is 5.92 Å². The van der Waals surface area contributed by atoms with E-state index in [1.165, 1.54) is 16.9 Å². The summed E-state index contributed by atoms with van der Waals surface area (Å²) in [7, 11) is -1.07. The molecule has 0 radical (unpaired) electrons. The number of amides is 2. The number of anilines is 6. The van der Waals surface area contributed by atoms with Crippen LogP contribution in [-0.4, -0.2) is 127 Å². The number of imide groups is 1. The normalized spacial score (nSPS) is 19.4. The number of rotatable bonds is 13. The maximum absolute atomic E-state index is 13.5. The highest BCUT2D eigenvalue weighted by atomic mass is 79.9. The molecule has 0 bridgehead atoms. The maximum atomic E-state index is 13.5. The van der Waals surface area contributed by atoms with Crippen LogP contribution >= 0.6 is 23.1 Å². The minimum atomic E-state index is -2.77. The number of benzene rings is 3. The van der Waals surface area contributed by atoms with Gasteiger partial charge in [0.15, 0.2) is 0 Å². The average Bonchev–Trinajstić information content (AvgIpc) is 3.28. The van der Waals surface area contributed by atoms with Crippen molar-refractivity contribution in [3.8, 4) is 5.75 Å². The minimum absolute atomic E-state index is 0.175. The molecule has 3 N–H and O–H groups in total. The third kappa shape index (κ3) is 9.47. The number of piperidine rings is 2. The summed E-state index contributed by atoms with van der Waals surface area (Å²) in [6.45, 7) is 15.4. The van der Waals surface area contributed by atoms with Crippen molar-refractivity contribution >= 4 is 85.7 Å². The Morgan fingerprint density at radius 3 is 2.33 bits per heavy atom. The van der Waals surface area contributed by atoms with E-state index in [4.69, 9.17) is 9.72 Å². The molecule has 9 rings (SSSR count). The molecular formula is C47H57BrN11O4P. The van der Waals surface area contributed by atoms with Crippen LogP contribution < -0.4 is 35.8 Å². The van der Waals surface area contributed by atoms with Crippen LogP contribution in [0.5, 0.6) is 5.75 Å². The molecule has 1 atom stereocenters. The topological polar surface area (TPSA) is 161 Å². The van der Waals surface area contributed by atoms with E-state index >= 15 is 0 Å². The molecule has 0 aliphatic carbocycles. The zero-order chi connectivity index (χ0) is 44.5. The summed E-state index contributed by atoms with van der Waals surface area (Å²) in [5, 5.41) is 9.90. The van der Waals surface area contributed by atoms with Crippen LogP contribution in [-0.2, 0) is 20.6 Å². The molecule has 4 fully saturated rings. The van der Waals surface area contributed by atoms with Crippen molar-refractivity contribution in [3.05, 3.63) is 82.7 Å². The first-order valence-corrected chi connectivity index (χ1v) is 25.8. The molecule has 4 aliphatic heterocycles. The number of halogens is 1. The monoisotopic (exact) mass is 949 g/mol. The molecule has 5 aromatic rings. The number of hydrogen-bond donors (Lipinski definition) is 3. The van der Waals surface area contributed by atoms with Gasteiger partial charge in [0.2, 0.25) is 17.8 Å². The fraction of sp³-hybridized carbons (Fsp3) is 0.447. The first kappa shape index (κ1) is 44.1. The second kappa shape index (κ2) is 18.8. The van der Waals surface area contributed by atoms with Gasteiger partial charge in [-0.2, -0.15) is 4.98 Å². The number of hydrogen-bond acceptors (Lipinski definition) is 14. The highest BCUT2D eigenvalue weighted by Gasteiger charge is 2.33. The molecule has 4 saturated heterocycles. The van der Waals surface area contributed by atoms with Gasteiger partial charge < -0.3 is 34.6 Å². The Labute approximate surface area is 383 Å². The molecule has 0 saturated carbocycles. The molecule has 6 heterocycles. The van der Waals surface area contributed by atoms with E-state index in [1.54, 1.807) is 39.0 Å². The van der Waals surface area contributed by atoms with Gasteiger partial charge in [-0.25, -0.2) is 4.98 Å². The fourth-order valence-electron chi connectivity index (χ4n) is 9.86. The Morgan fingerprint density at radius 1 is 0.875 bits per heavy atom. The summed E-state index contributed by atoms with van der Waals surface area (Å²) < 4.78 is 20.2. The summed E-state index contributed by atoms with van der Waals surface area (Å²) in [6.07, 6.45) is 9.05. The summed E-state index contributed by atoms with van der Waals surface area (Å²) in [5.41, 5.74) is 7.35. The lowest BCUT2D eigenvalue weighted by Crippen LogP contribution is -2.57. The van der Waals surface area contributed by atoms with Crippen molar-refractivity contribution in [1.82, 2.24) is 35.1 Å². The first-order chi connectivity index (χ1) is 30.9. The van der Waals surface area contributed by atoms with Gasteiger partial charge in [0, 0.05) is 113 Å². The number of nitrogens with one attached hydrogen (secondary N) is 3. The van der Waals surface area contributed by atoms with Crippen LogP contribution in [0, 0.1) is 5.92 Å². The number of ether oxygens (including phenoxy) is 1. The first-order valence-electron chi connectivity index (χ1n) is 22.4. The lowest BCUT2D eigenvalue weighted by Gasteiger charge is -2.46. The molecule has 336 valence electrons. The Hall–Kier alpha value is -5.15. The van der Waals surface area contributed by atoms with Gasteiger partial charge >= 0.3 is 0 Å². The van der Waals surface area contributed by atoms with Gasteiger partial charge in [0.1, 0.15) is 24.2 Å². The molecule has 64 heavy (non-hydrogen) atoms. The lowest BCUT2D eigenvalue weighted by molar-refractivity contribution is -0.134. The number of carbonyl (C=O) groups excluding carboxylic acids is 2. The van der Waals surface area contributed by atoms with E-state index in [1.807, 2.05) is 12.1 Å². The van der Waals surface area contributed by atoms with Gasteiger partial charge in [0.25, 0.3) is 0 Å². The fourth-order valence-corrected chi connectivity index (χ4v) is 11.5. The molecule has 2 aromatic heterocycles. The van der Waals surface area contributed by atoms with Crippen LogP contribution in [0.2, 0.25) is 0 Å². The average molecular weight is 951 g/mol. The molecule has 15 nitrogen and oxygen atoms in total. The predicted octanol–water partition coefficient (Wildman–Crippen LogP) is 6.73. The van der Waals surface area contributed by atoms with Crippen LogP contribution in [0.3, 0.4) is 0 Å². The number of methoxy groups -OCH3 is 1. The Balaban J connectivity index is 0.770. The number of carbonyl (C=O) groups is 2. The zero-order valence-electron chi connectivity index (χ0n) is 37.0. The molecule has 4 aliphatic rings. The largest absolute Gasteiger partial charge is 0.494 e. The van der Waals surface area contributed by atoms with Crippen molar-refractivity contribution in [3.63, 3.8) is 0 Å². The SMILES string of the molecule is CCc1cc(Nc2ncc(Br)c(Nc3ccc4nccnc4c3P(C)(C)=O)n2)c(OC)cc1N1CCC(N2CCN(CC3CN(c4ccc(C5CCC(=O)NC5=O)cc4)C3)CC2)CC1. The minimum Gasteiger partial charge on any atom is -0.494 e. The van der Waals surface area contributed by atoms with Crippen molar-refractivity contribution < 1.29 is 18.9 Å². The molecule has 2 amide bonds. The van der Waals surface area contributed by atoms with E-state index in [2.05, 4.69) is 110 Å². The van der Waals surface area contributed by atoms with Gasteiger partial charge in [-0.15, -0.1) is 0 Å². The second-order valence-electron chi connectivity index (χ2n) is 17.8. The molecular weight excluding hydrogens is 893 g/mol. The molecule has 1 unspecified atom stereocenters. The molecule has 3 aromatic carbocycles. The number of piperazine rings is 1. The number of aryl methyl sites for hydroxylation is 1. The maximum Gasteiger partial charge on any atom is 0.234 e. The summed E-state index contributed by atoms with van der Waals surface area (Å²) in [4.78, 5) is 52.5. The van der Waals surface area contributed by atoms with Gasteiger partial charge in [0.05, 0.1) is 39.7 Å². The Kier molecular flexibility index (Phi) is 12.9. The highest BCUT2D eigenvalue weighted by Crippen LogP contribution is 2.42. The van der Waals surface area contributed by atoms with Gasteiger partial charge in [-0.1, -0.05) is 19.1 Å². The number of aromatic nitrogens is 4. The van der Waals surface area contributed by atoms with Crippen molar-refractivity contribution in [1.29, 1.82) is 0 Å². The van der Waals surface area contributed by atoms with E-state index in [0.717, 1.165) is 95.2 Å². The van der Waals surface area contributed by atoms with Crippen LogP contribution in [0.1, 0.15) is 49.7 Å². The molecule has 0 spiro atoms. The van der Waals surface area contributed by atoms with E-state index in [0.29, 0.717) is 63.1 Å². The van der Waals surface area contributed by atoms with E-state index < -0.39 is 7.14 Å². The standard InChI is InChI=1S/C47H57BrN11O4P/c1-5-31-24-39(53-47-51-26-36(48)45(55-47)52-38-12-11-37-43(50-17-16-49-37)44(38)64(3,4)62)41(63-2)25-40(31)58-18-14-34(15-19-58)57-22-20-56(21-23-57)27-30-28-59(29-30)33-8-6-32(7-9-33)35-10-13-42(60)54-46(35)61/h6-9,11-12,16-17,24-26,30,34-35H,5,10,13-15,18-23,27-29H2,1-4H3,(H,54,60,61)(H2,51,52,53,55). The van der Waals surface area contributed by atoms with Crippen LogP contribution in [0.4, 0.5) is 34.5 Å². The number of fused-ring (bicyclic) bond motifs is 1. The van der Waals surface area contributed by atoms with E-state index in [-0.39, 0.29) is 17.7 Å². The van der Waals surface area contributed by atoms with Crippen molar-refractivity contribution in [2.75, 3.05) is 99.8 Å².